The van der Waals surface area contributed by atoms with Gasteiger partial charge in [-0.2, -0.15) is 8.78 Å². The Morgan fingerprint density at radius 2 is 1.83 bits per heavy atom. The van der Waals surface area contributed by atoms with Gasteiger partial charge in [-0.25, -0.2) is 4.79 Å². The van der Waals surface area contributed by atoms with Crippen molar-refractivity contribution in [2.24, 2.45) is 0 Å². The maximum Gasteiger partial charge on any atom is 0.387 e. The van der Waals surface area contributed by atoms with Crippen LogP contribution in [0.25, 0.3) is 0 Å². The van der Waals surface area contributed by atoms with E-state index >= 15 is 0 Å². The topological polar surface area (TPSA) is 78.7 Å². The summed E-state index contributed by atoms with van der Waals surface area (Å²) in [5, 5.41) is 10.8. The molecule has 0 bridgehead atoms. The van der Waals surface area contributed by atoms with Gasteiger partial charge in [0.05, 0.1) is 10.5 Å². The molecule has 0 spiro atoms. The number of nitro groups is 1. The number of nitrogens with zero attached hydrogens (tertiary/aromatic N) is 1. The molecule has 0 saturated carbocycles. The number of hydrogen-bond acceptors (Lipinski definition) is 5. The molecule has 24 heavy (non-hydrogen) atoms. The van der Waals surface area contributed by atoms with Crippen molar-refractivity contribution in [2.75, 3.05) is 0 Å². The van der Waals surface area contributed by atoms with Crippen LogP contribution >= 0.6 is 0 Å². The van der Waals surface area contributed by atoms with Crippen LogP contribution in [0.2, 0.25) is 0 Å². The van der Waals surface area contributed by atoms with E-state index in [-0.39, 0.29) is 17.0 Å². The molecule has 0 aliphatic heterocycles. The molecule has 0 amide bonds. The highest BCUT2D eigenvalue weighted by Crippen LogP contribution is 2.23. The second kappa shape index (κ2) is 7.49. The van der Waals surface area contributed by atoms with Gasteiger partial charge in [0.2, 0.25) is 0 Å². The average molecular weight is 337 g/mol. The number of benzene rings is 2. The molecule has 2 aromatic rings. The summed E-state index contributed by atoms with van der Waals surface area (Å²) < 4.78 is 33.5. The van der Waals surface area contributed by atoms with Gasteiger partial charge in [0, 0.05) is 12.1 Å². The molecule has 8 heteroatoms. The zero-order valence-corrected chi connectivity index (χ0v) is 12.5. The van der Waals surface area contributed by atoms with E-state index in [1.54, 1.807) is 13.0 Å². The molecule has 0 aromatic heterocycles. The minimum Gasteiger partial charge on any atom is -0.454 e. The fourth-order valence-electron chi connectivity index (χ4n) is 1.96. The Hall–Kier alpha value is -3.03. The Balaban J connectivity index is 2.05. The van der Waals surface area contributed by atoms with Gasteiger partial charge in [0.15, 0.2) is 0 Å². The Kier molecular flexibility index (Phi) is 5.41. The molecule has 0 fully saturated rings. The fourth-order valence-corrected chi connectivity index (χ4v) is 1.96. The van der Waals surface area contributed by atoms with Crippen LogP contribution < -0.4 is 4.74 Å². The van der Waals surface area contributed by atoms with Crippen molar-refractivity contribution < 1.29 is 28.0 Å². The highest BCUT2D eigenvalue weighted by Gasteiger charge is 2.16. The molecule has 0 N–H and O–H groups in total. The van der Waals surface area contributed by atoms with Gasteiger partial charge < -0.3 is 9.47 Å². The predicted octanol–water partition coefficient (Wildman–Crippen LogP) is 4.11. The van der Waals surface area contributed by atoms with E-state index in [9.17, 15) is 23.7 Å². The van der Waals surface area contributed by atoms with Crippen LogP contribution in [0.4, 0.5) is 14.5 Å². The van der Waals surface area contributed by atoms with Crippen molar-refractivity contribution in [3.8, 4) is 5.75 Å². The third-order valence-electron chi connectivity index (χ3n) is 3.15. The number of alkyl halides is 2. The van der Waals surface area contributed by atoms with Crippen LogP contribution in [0.1, 0.15) is 28.9 Å². The lowest BCUT2D eigenvalue weighted by molar-refractivity contribution is -0.385. The summed E-state index contributed by atoms with van der Waals surface area (Å²) in [7, 11) is 0. The zero-order valence-electron chi connectivity index (χ0n) is 12.5. The minimum absolute atomic E-state index is 0.0757. The molecule has 0 heterocycles. The van der Waals surface area contributed by atoms with E-state index in [1.165, 1.54) is 42.5 Å². The first kappa shape index (κ1) is 17.3. The molecule has 6 nitrogen and oxygen atoms in total. The van der Waals surface area contributed by atoms with Gasteiger partial charge in [-0.05, 0) is 36.8 Å². The molecule has 0 unspecified atom stereocenters. The van der Waals surface area contributed by atoms with Gasteiger partial charge in [-0.1, -0.05) is 12.1 Å². The largest absolute Gasteiger partial charge is 0.454 e. The van der Waals surface area contributed by atoms with Gasteiger partial charge >= 0.3 is 12.6 Å². The lowest BCUT2D eigenvalue weighted by Gasteiger charge is -2.13. The van der Waals surface area contributed by atoms with Crippen molar-refractivity contribution in [1.29, 1.82) is 0 Å². The standard InChI is InChI=1S/C16H13F2NO5/c1-10(12-3-2-4-13(9-12)19(21)22)23-15(20)11-5-7-14(8-6-11)24-16(17)18/h2-10,16H,1H3/t10-/m0/s1. The summed E-state index contributed by atoms with van der Waals surface area (Å²) in [6, 6.07) is 10.8. The Labute approximate surface area is 135 Å². The summed E-state index contributed by atoms with van der Waals surface area (Å²) >= 11 is 0. The first-order chi connectivity index (χ1) is 11.4. The fraction of sp³-hybridized carbons (Fsp3) is 0.188. The van der Waals surface area contributed by atoms with E-state index in [0.29, 0.717) is 5.56 Å². The molecule has 0 aliphatic carbocycles. The zero-order chi connectivity index (χ0) is 17.7. The summed E-state index contributed by atoms with van der Waals surface area (Å²) in [6.07, 6.45) is -0.714. The van der Waals surface area contributed by atoms with Crippen molar-refractivity contribution in [2.45, 2.75) is 19.6 Å². The van der Waals surface area contributed by atoms with Crippen LogP contribution in [0.3, 0.4) is 0 Å². The van der Waals surface area contributed by atoms with Crippen LogP contribution in [-0.2, 0) is 4.74 Å². The number of halogens is 2. The predicted molar refractivity (Wildman–Crippen MR) is 80.0 cm³/mol. The van der Waals surface area contributed by atoms with E-state index in [0.717, 1.165) is 0 Å². The van der Waals surface area contributed by atoms with E-state index in [4.69, 9.17) is 4.74 Å². The highest BCUT2D eigenvalue weighted by atomic mass is 19.3. The monoisotopic (exact) mass is 337 g/mol. The first-order valence-corrected chi connectivity index (χ1v) is 6.87. The summed E-state index contributed by atoms with van der Waals surface area (Å²) in [5.41, 5.74) is 0.507. The third kappa shape index (κ3) is 4.48. The van der Waals surface area contributed by atoms with Gasteiger partial charge in [-0.15, -0.1) is 0 Å². The van der Waals surface area contributed by atoms with Gasteiger partial charge in [0.25, 0.3) is 5.69 Å². The number of carbonyl (C=O) groups is 1. The van der Waals surface area contributed by atoms with Crippen molar-refractivity contribution >= 4 is 11.7 Å². The summed E-state index contributed by atoms with van der Waals surface area (Å²) in [4.78, 5) is 22.3. The second-order valence-electron chi connectivity index (χ2n) is 4.80. The number of esters is 1. The quantitative estimate of drug-likeness (QED) is 0.450. The normalized spacial score (nSPS) is 11.8. The maximum absolute atomic E-state index is 12.1. The SMILES string of the molecule is C[C@H](OC(=O)c1ccc(OC(F)F)cc1)c1cccc([N+](=O)[O-])c1. The van der Waals surface area contributed by atoms with Crippen molar-refractivity contribution in [1.82, 2.24) is 0 Å². The molecule has 126 valence electrons. The maximum atomic E-state index is 12.1. The van der Waals surface area contributed by atoms with E-state index in [1.807, 2.05) is 0 Å². The highest BCUT2D eigenvalue weighted by molar-refractivity contribution is 5.89. The van der Waals surface area contributed by atoms with Crippen LogP contribution in [0.5, 0.6) is 5.75 Å². The van der Waals surface area contributed by atoms with Gasteiger partial charge in [-0.3, -0.25) is 10.1 Å². The van der Waals surface area contributed by atoms with Crippen molar-refractivity contribution in [3.05, 3.63) is 69.8 Å². The van der Waals surface area contributed by atoms with E-state index < -0.39 is 23.6 Å². The number of ether oxygens (including phenoxy) is 2. The minimum atomic E-state index is -2.95. The number of rotatable bonds is 6. The number of carbonyl (C=O) groups excluding carboxylic acids is 1. The molecule has 0 aliphatic rings. The Morgan fingerprint density at radius 3 is 2.42 bits per heavy atom. The second-order valence-corrected chi connectivity index (χ2v) is 4.80. The van der Waals surface area contributed by atoms with Crippen LogP contribution in [0.15, 0.2) is 48.5 Å². The van der Waals surface area contributed by atoms with E-state index in [2.05, 4.69) is 4.74 Å². The number of hydrogen-bond donors (Lipinski definition) is 0. The summed E-state index contributed by atoms with van der Waals surface area (Å²) in [5.74, 6) is -0.758. The van der Waals surface area contributed by atoms with Crippen molar-refractivity contribution in [3.63, 3.8) is 0 Å². The molecular weight excluding hydrogens is 324 g/mol. The van der Waals surface area contributed by atoms with Gasteiger partial charge in [0.1, 0.15) is 11.9 Å². The number of nitro benzene ring substituents is 1. The Morgan fingerprint density at radius 1 is 1.17 bits per heavy atom. The van der Waals surface area contributed by atoms with Crippen LogP contribution in [0, 0.1) is 10.1 Å². The molecule has 2 aromatic carbocycles. The lowest BCUT2D eigenvalue weighted by Crippen LogP contribution is -2.09. The molecule has 1 atom stereocenters. The average Bonchev–Trinajstić information content (AvgIpc) is 2.55. The summed E-state index contributed by atoms with van der Waals surface area (Å²) in [6.45, 7) is -1.37. The third-order valence-corrected chi connectivity index (χ3v) is 3.15. The number of non-ortho nitro benzene ring substituents is 1. The molecule has 2 rings (SSSR count). The smallest absolute Gasteiger partial charge is 0.387 e. The molecule has 0 saturated heterocycles. The Bertz CT molecular complexity index is 734. The lowest BCUT2D eigenvalue weighted by atomic mass is 10.1. The van der Waals surface area contributed by atoms with Crippen LogP contribution in [-0.4, -0.2) is 17.5 Å². The first-order valence-electron chi connectivity index (χ1n) is 6.87. The molecular formula is C16H13F2NO5. The molecule has 0 radical (unpaired) electrons.